The van der Waals surface area contributed by atoms with Gasteiger partial charge in [0.25, 0.3) is 0 Å². The number of nitrogens with zero attached hydrogens (tertiary/aromatic N) is 1. The van der Waals surface area contributed by atoms with Crippen molar-refractivity contribution in [2.75, 3.05) is 34.3 Å². The van der Waals surface area contributed by atoms with Crippen molar-refractivity contribution >= 4 is 0 Å². The van der Waals surface area contributed by atoms with Crippen molar-refractivity contribution in [3.05, 3.63) is 23.8 Å². The number of nitrogens with one attached hydrogen (secondary N) is 1. The van der Waals surface area contributed by atoms with E-state index in [9.17, 15) is 5.11 Å². The number of phenols is 1. The van der Waals surface area contributed by atoms with Crippen LogP contribution in [-0.4, -0.2) is 44.3 Å². The average Bonchev–Trinajstić information content (AvgIpc) is 2.29. The van der Waals surface area contributed by atoms with Gasteiger partial charge in [-0.3, -0.25) is 0 Å². The first-order valence-corrected chi connectivity index (χ1v) is 5.36. The molecule has 0 aromatic heterocycles. The van der Waals surface area contributed by atoms with Crippen molar-refractivity contribution in [2.45, 2.75) is 6.54 Å². The van der Waals surface area contributed by atoms with Gasteiger partial charge in [0.05, 0.1) is 7.11 Å². The summed E-state index contributed by atoms with van der Waals surface area (Å²) in [6.45, 7) is 2.58. The minimum Gasteiger partial charge on any atom is -0.508 e. The van der Waals surface area contributed by atoms with Gasteiger partial charge in [0, 0.05) is 25.2 Å². The topological polar surface area (TPSA) is 44.7 Å². The van der Waals surface area contributed by atoms with Crippen molar-refractivity contribution in [3.8, 4) is 11.5 Å². The van der Waals surface area contributed by atoms with Gasteiger partial charge >= 0.3 is 0 Å². The Hall–Kier alpha value is -1.26. The smallest absolute Gasteiger partial charge is 0.120 e. The van der Waals surface area contributed by atoms with Crippen LogP contribution in [0, 0.1) is 0 Å². The second-order valence-corrected chi connectivity index (χ2v) is 3.84. The first-order chi connectivity index (χ1) is 7.67. The molecule has 0 saturated heterocycles. The van der Waals surface area contributed by atoms with Crippen molar-refractivity contribution in [1.82, 2.24) is 10.2 Å². The van der Waals surface area contributed by atoms with E-state index in [0.717, 1.165) is 24.4 Å². The van der Waals surface area contributed by atoms with E-state index in [1.807, 2.05) is 20.2 Å². The standard InChI is InChI=1S/C12H20N2O2/c1-13-6-7-14(2)9-10-8-11(16-3)4-5-12(10)15/h4-5,8,13,15H,6-7,9H2,1-3H3. The minimum absolute atomic E-state index is 0.317. The fraction of sp³-hybridized carbons (Fsp3) is 0.500. The Morgan fingerprint density at radius 3 is 2.81 bits per heavy atom. The molecular weight excluding hydrogens is 204 g/mol. The summed E-state index contributed by atoms with van der Waals surface area (Å²) in [5.74, 6) is 1.09. The molecule has 16 heavy (non-hydrogen) atoms. The first-order valence-electron chi connectivity index (χ1n) is 5.36. The Balaban J connectivity index is 2.64. The third-order valence-corrected chi connectivity index (χ3v) is 2.47. The number of benzene rings is 1. The zero-order chi connectivity index (χ0) is 12.0. The van der Waals surface area contributed by atoms with Gasteiger partial charge < -0.3 is 20.1 Å². The molecule has 0 heterocycles. The van der Waals surface area contributed by atoms with Crippen LogP contribution < -0.4 is 10.1 Å². The van der Waals surface area contributed by atoms with E-state index in [2.05, 4.69) is 10.2 Å². The van der Waals surface area contributed by atoms with E-state index in [-0.39, 0.29) is 0 Å². The maximum Gasteiger partial charge on any atom is 0.120 e. The summed E-state index contributed by atoms with van der Waals surface area (Å²) in [5, 5.41) is 12.8. The number of aromatic hydroxyl groups is 1. The predicted molar refractivity (Wildman–Crippen MR) is 64.9 cm³/mol. The molecule has 0 aliphatic rings. The lowest BCUT2D eigenvalue weighted by molar-refractivity contribution is 0.320. The van der Waals surface area contributed by atoms with E-state index < -0.39 is 0 Å². The third kappa shape index (κ3) is 3.72. The fourth-order valence-corrected chi connectivity index (χ4v) is 1.49. The zero-order valence-corrected chi connectivity index (χ0v) is 10.2. The average molecular weight is 224 g/mol. The highest BCUT2D eigenvalue weighted by Gasteiger charge is 2.06. The van der Waals surface area contributed by atoms with Gasteiger partial charge in [0.1, 0.15) is 11.5 Å². The van der Waals surface area contributed by atoms with E-state index in [4.69, 9.17) is 4.74 Å². The summed E-state index contributed by atoms with van der Waals surface area (Å²) in [5.41, 5.74) is 0.887. The van der Waals surface area contributed by atoms with E-state index in [1.165, 1.54) is 0 Å². The van der Waals surface area contributed by atoms with Crippen LogP contribution in [0.1, 0.15) is 5.56 Å². The summed E-state index contributed by atoms with van der Waals surface area (Å²) < 4.78 is 5.13. The lowest BCUT2D eigenvalue weighted by atomic mass is 10.2. The Kier molecular flexibility index (Phi) is 5.08. The van der Waals surface area contributed by atoms with Gasteiger partial charge in [-0.15, -0.1) is 0 Å². The van der Waals surface area contributed by atoms with Crippen LogP contribution in [-0.2, 0) is 6.54 Å². The Morgan fingerprint density at radius 1 is 1.44 bits per heavy atom. The number of rotatable bonds is 6. The zero-order valence-electron chi connectivity index (χ0n) is 10.2. The maximum atomic E-state index is 9.71. The molecule has 4 heteroatoms. The van der Waals surface area contributed by atoms with Crippen LogP contribution in [0.25, 0.3) is 0 Å². The van der Waals surface area contributed by atoms with Crippen molar-refractivity contribution in [2.24, 2.45) is 0 Å². The molecule has 2 N–H and O–H groups in total. The van der Waals surface area contributed by atoms with Crippen LogP contribution in [0.2, 0.25) is 0 Å². The lowest BCUT2D eigenvalue weighted by Crippen LogP contribution is -2.26. The number of phenolic OH excluding ortho intramolecular Hbond substituents is 1. The molecule has 0 saturated carbocycles. The lowest BCUT2D eigenvalue weighted by Gasteiger charge is -2.17. The summed E-state index contributed by atoms with van der Waals surface area (Å²) in [6.07, 6.45) is 0. The molecule has 0 spiro atoms. The molecule has 1 aromatic rings. The Morgan fingerprint density at radius 2 is 2.19 bits per heavy atom. The molecule has 0 amide bonds. The molecule has 0 radical (unpaired) electrons. The molecule has 0 atom stereocenters. The summed E-state index contributed by atoms with van der Waals surface area (Å²) in [4.78, 5) is 2.14. The monoisotopic (exact) mass is 224 g/mol. The highest BCUT2D eigenvalue weighted by atomic mass is 16.5. The van der Waals surface area contributed by atoms with Gasteiger partial charge in [-0.2, -0.15) is 0 Å². The molecule has 90 valence electrons. The van der Waals surface area contributed by atoms with Crippen molar-refractivity contribution in [3.63, 3.8) is 0 Å². The number of ether oxygens (including phenoxy) is 1. The first kappa shape index (κ1) is 12.8. The van der Waals surface area contributed by atoms with Gasteiger partial charge in [-0.1, -0.05) is 0 Å². The van der Waals surface area contributed by atoms with Crippen LogP contribution in [0.3, 0.4) is 0 Å². The van der Waals surface area contributed by atoms with Gasteiger partial charge in [0.2, 0.25) is 0 Å². The Bertz CT molecular complexity index is 329. The highest BCUT2D eigenvalue weighted by molar-refractivity contribution is 5.39. The number of methoxy groups -OCH3 is 1. The van der Waals surface area contributed by atoms with E-state index >= 15 is 0 Å². The van der Waals surface area contributed by atoms with Crippen LogP contribution in [0.15, 0.2) is 18.2 Å². The largest absolute Gasteiger partial charge is 0.508 e. The SMILES string of the molecule is CNCCN(C)Cc1cc(OC)ccc1O. The van der Waals surface area contributed by atoms with Gasteiger partial charge in [-0.25, -0.2) is 0 Å². The molecule has 0 aliphatic heterocycles. The second-order valence-electron chi connectivity index (χ2n) is 3.84. The molecule has 0 fully saturated rings. The highest BCUT2D eigenvalue weighted by Crippen LogP contribution is 2.23. The number of hydrogen-bond acceptors (Lipinski definition) is 4. The fourth-order valence-electron chi connectivity index (χ4n) is 1.49. The third-order valence-electron chi connectivity index (χ3n) is 2.47. The number of likely N-dealkylation sites (N-methyl/N-ethyl adjacent to an activating group) is 2. The molecule has 0 bridgehead atoms. The van der Waals surface area contributed by atoms with Crippen LogP contribution in [0.4, 0.5) is 0 Å². The second kappa shape index (κ2) is 6.35. The normalized spacial score (nSPS) is 10.8. The predicted octanol–water partition coefficient (Wildman–Crippen LogP) is 1.05. The van der Waals surface area contributed by atoms with Gasteiger partial charge in [-0.05, 0) is 32.3 Å². The van der Waals surface area contributed by atoms with Crippen molar-refractivity contribution < 1.29 is 9.84 Å². The van der Waals surface area contributed by atoms with E-state index in [1.54, 1.807) is 19.2 Å². The molecule has 4 nitrogen and oxygen atoms in total. The molecular formula is C12H20N2O2. The summed E-state index contributed by atoms with van der Waals surface area (Å²) in [7, 11) is 5.58. The maximum absolute atomic E-state index is 9.71. The summed E-state index contributed by atoms with van der Waals surface area (Å²) >= 11 is 0. The molecule has 0 unspecified atom stereocenters. The van der Waals surface area contributed by atoms with Crippen molar-refractivity contribution in [1.29, 1.82) is 0 Å². The van der Waals surface area contributed by atoms with E-state index in [0.29, 0.717) is 12.3 Å². The minimum atomic E-state index is 0.317. The summed E-state index contributed by atoms with van der Waals surface area (Å²) in [6, 6.07) is 5.29. The Labute approximate surface area is 96.8 Å². The number of hydrogen-bond donors (Lipinski definition) is 2. The van der Waals surface area contributed by atoms with Crippen LogP contribution in [0.5, 0.6) is 11.5 Å². The molecule has 0 aliphatic carbocycles. The molecule has 1 rings (SSSR count). The quantitative estimate of drug-likeness (QED) is 0.758. The van der Waals surface area contributed by atoms with Gasteiger partial charge in [0.15, 0.2) is 0 Å². The van der Waals surface area contributed by atoms with Crippen LogP contribution >= 0.6 is 0 Å². The molecule has 1 aromatic carbocycles.